The molecule has 4 nitrogen and oxygen atoms in total. The molecule has 1 heterocycles. The van der Waals surface area contributed by atoms with Crippen molar-refractivity contribution in [1.29, 1.82) is 0 Å². The monoisotopic (exact) mass is 139 g/mol. The Hall–Kier alpha value is -1.58. The number of hydrogen-bond acceptors (Lipinski definition) is 3. The second-order valence-electron chi connectivity index (χ2n) is 1.66. The Morgan fingerprint density at radius 3 is 3.00 bits per heavy atom. The van der Waals surface area contributed by atoms with Crippen molar-refractivity contribution in [3.8, 4) is 0 Å². The zero-order chi connectivity index (χ0) is 7.40. The van der Waals surface area contributed by atoms with Crippen molar-refractivity contribution >= 4 is 6.08 Å². The molecule has 0 N–H and O–H groups in total. The molecular formula is C6H5NO3. The largest absolute Gasteiger partial charge is 0.472 e. The number of furan rings is 1. The van der Waals surface area contributed by atoms with Crippen LogP contribution in [0, 0.1) is 10.1 Å². The first kappa shape index (κ1) is 6.54. The van der Waals surface area contributed by atoms with E-state index in [1.807, 2.05) is 0 Å². The number of nitrogens with zero attached hydrogens (tertiary/aromatic N) is 1. The molecule has 0 saturated carbocycles. The molecule has 0 radical (unpaired) electrons. The van der Waals surface area contributed by atoms with Gasteiger partial charge >= 0.3 is 0 Å². The number of rotatable bonds is 2. The van der Waals surface area contributed by atoms with E-state index in [0.717, 1.165) is 6.20 Å². The molecule has 4 heteroatoms. The SMILES string of the molecule is O=[N+]([O-])/C=C/c1ccoc1. The Labute approximate surface area is 56.9 Å². The van der Waals surface area contributed by atoms with Gasteiger partial charge in [0.15, 0.2) is 0 Å². The van der Waals surface area contributed by atoms with Gasteiger partial charge in [-0.3, -0.25) is 10.1 Å². The van der Waals surface area contributed by atoms with Gasteiger partial charge in [0, 0.05) is 11.6 Å². The van der Waals surface area contributed by atoms with Crippen molar-refractivity contribution in [2.45, 2.75) is 0 Å². The first-order chi connectivity index (χ1) is 4.79. The highest BCUT2D eigenvalue weighted by Crippen LogP contribution is 2.01. The highest BCUT2D eigenvalue weighted by molar-refractivity contribution is 5.45. The quantitative estimate of drug-likeness (QED) is 0.461. The Morgan fingerprint density at radius 2 is 2.50 bits per heavy atom. The summed E-state index contributed by atoms with van der Waals surface area (Å²) >= 11 is 0. The summed E-state index contributed by atoms with van der Waals surface area (Å²) in [6.07, 6.45) is 5.12. The summed E-state index contributed by atoms with van der Waals surface area (Å²) in [5.74, 6) is 0. The van der Waals surface area contributed by atoms with Crippen LogP contribution in [0.25, 0.3) is 6.08 Å². The smallest absolute Gasteiger partial charge is 0.235 e. The summed E-state index contributed by atoms with van der Waals surface area (Å²) in [5, 5.41) is 9.78. The van der Waals surface area contributed by atoms with Gasteiger partial charge in [0.2, 0.25) is 6.20 Å². The van der Waals surface area contributed by atoms with Crippen molar-refractivity contribution in [2.75, 3.05) is 0 Å². The van der Waals surface area contributed by atoms with Crippen LogP contribution in [0.3, 0.4) is 0 Å². The zero-order valence-electron chi connectivity index (χ0n) is 5.06. The summed E-state index contributed by atoms with van der Waals surface area (Å²) in [4.78, 5) is 9.26. The van der Waals surface area contributed by atoms with E-state index < -0.39 is 4.92 Å². The molecule has 0 atom stereocenters. The molecule has 52 valence electrons. The Morgan fingerprint density at radius 1 is 1.70 bits per heavy atom. The van der Waals surface area contributed by atoms with E-state index in [2.05, 4.69) is 4.42 Å². The third kappa shape index (κ3) is 1.74. The highest BCUT2D eigenvalue weighted by Gasteiger charge is 1.89. The van der Waals surface area contributed by atoms with Gasteiger partial charge in [-0.1, -0.05) is 0 Å². The predicted molar refractivity (Wildman–Crippen MR) is 34.7 cm³/mol. The van der Waals surface area contributed by atoms with E-state index in [-0.39, 0.29) is 0 Å². The van der Waals surface area contributed by atoms with E-state index >= 15 is 0 Å². The van der Waals surface area contributed by atoms with Gasteiger partial charge in [-0.15, -0.1) is 0 Å². The van der Waals surface area contributed by atoms with Gasteiger partial charge < -0.3 is 4.42 Å². The first-order valence-electron chi connectivity index (χ1n) is 2.63. The molecule has 1 aromatic rings. The molecular weight excluding hydrogens is 134 g/mol. The lowest BCUT2D eigenvalue weighted by Crippen LogP contribution is -1.80. The molecule has 0 unspecified atom stereocenters. The van der Waals surface area contributed by atoms with Crippen LogP contribution in [0.15, 0.2) is 29.2 Å². The summed E-state index contributed by atoms with van der Waals surface area (Å²) in [6, 6.07) is 1.64. The molecule has 0 aromatic carbocycles. The molecule has 0 saturated heterocycles. The van der Waals surface area contributed by atoms with Crippen LogP contribution in [-0.2, 0) is 0 Å². The topological polar surface area (TPSA) is 56.3 Å². The fraction of sp³-hybridized carbons (Fsp3) is 0. The Kier molecular flexibility index (Phi) is 1.84. The maximum atomic E-state index is 9.78. The molecule has 0 spiro atoms. The van der Waals surface area contributed by atoms with E-state index in [9.17, 15) is 10.1 Å². The van der Waals surface area contributed by atoms with Crippen LogP contribution in [0.2, 0.25) is 0 Å². The summed E-state index contributed by atoms with van der Waals surface area (Å²) in [5.41, 5.74) is 0.691. The van der Waals surface area contributed by atoms with Crippen LogP contribution < -0.4 is 0 Å². The van der Waals surface area contributed by atoms with Crippen LogP contribution in [0.5, 0.6) is 0 Å². The maximum Gasteiger partial charge on any atom is 0.235 e. The van der Waals surface area contributed by atoms with Crippen molar-refractivity contribution in [1.82, 2.24) is 0 Å². The fourth-order valence-corrected chi connectivity index (χ4v) is 0.517. The van der Waals surface area contributed by atoms with Gasteiger partial charge in [-0.25, -0.2) is 0 Å². The van der Waals surface area contributed by atoms with Crippen molar-refractivity contribution in [3.63, 3.8) is 0 Å². The van der Waals surface area contributed by atoms with Crippen molar-refractivity contribution < 1.29 is 9.34 Å². The maximum absolute atomic E-state index is 9.78. The summed E-state index contributed by atoms with van der Waals surface area (Å²) in [6.45, 7) is 0. The average molecular weight is 139 g/mol. The first-order valence-corrected chi connectivity index (χ1v) is 2.63. The second-order valence-corrected chi connectivity index (χ2v) is 1.66. The van der Waals surface area contributed by atoms with E-state index in [4.69, 9.17) is 0 Å². The minimum atomic E-state index is -0.521. The summed E-state index contributed by atoms with van der Waals surface area (Å²) in [7, 11) is 0. The molecule has 1 rings (SSSR count). The van der Waals surface area contributed by atoms with E-state index in [1.165, 1.54) is 18.6 Å². The zero-order valence-corrected chi connectivity index (χ0v) is 5.06. The highest BCUT2D eigenvalue weighted by atomic mass is 16.6. The lowest BCUT2D eigenvalue weighted by Gasteiger charge is -1.76. The minimum absolute atomic E-state index is 0.521. The predicted octanol–water partition coefficient (Wildman–Crippen LogP) is 1.53. The van der Waals surface area contributed by atoms with Crippen LogP contribution >= 0.6 is 0 Å². The molecule has 10 heavy (non-hydrogen) atoms. The second kappa shape index (κ2) is 2.82. The molecule has 0 fully saturated rings. The molecule has 0 bridgehead atoms. The minimum Gasteiger partial charge on any atom is -0.472 e. The lowest BCUT2D eigenvalue weighted by molar-refractivity contribution is -0.400. The molecule has 1 aromatic heterocycles. The van der Waals surface area contributed by atoms with Crippen molar-refractivity contribution in [3.05, 3.63) is 40.5 Å². The molecule has 0 aliphatic heterocycles. The number of nitro groups is 1. The van der Waals surface area contributed by atoms with Crippen LogP contribution in [0.4, 0.5) is 0 Å². The van der Waals surface area contributed by atoms with E-state index in [1.54, 1.807) is 6.07 Å². The average Bonchev–Trinajstić information content (AvgIpc) is 2.34. The van der Waals surface area contributed by atoms with Gasteiger partial charge in [-0.2, -0.15) is 0 Å². The third-order valence-electron chi connectivity index (χ3n) is 0.932. The third-order valence-corrected chi connectivity index (χ3v) is 0.932. The van der Waals surface area contributed by atoms with Crippen molar-refractivity contribution in [2.24, 2.45) is 0 Å². The fourth-order valence-electron chi connectivity index (χ4n) is 0.517. The Balaban J connectivity index is 2.64. The molecule has 0 aliphatic rings. The molecule has 0 aliphatic carbocycles. The van der Waals surface area contributed by atoms with Crippen LogP contribution in [-0.4, -0.2) is 4.92 Å². The standard InChI is InChI=1S/C6H5NO3/c8-7(9)3-1-6-2-4-10-5-6/h1-5H/b3-1+. The normalized spacial score (nSPS) is 10.4. The van der Waals surface area contributed by atoms with Gasteiger partial charge in [0.25, 0.3) is 0 Å². The Bertz CT molecular complexity index is 238. The van der Waals surface area contributed by atoms with E-state index in [0.29, 0.717) is 5.56 Å². The van der Waals surface area contributed by atoms with Gasteiger partial charge in [0.05, 0.1) is 17.4 Å². The van der Waals surface area contributed by atoms with Crippen LogP contribution in [0.1, 0.15) is 5.56 Å². The van der Waals surface area contributed by atoms with Gasteiger partial charge in [0.1, 0.15) is 0 Å². The number of hydrogen-bond donors (Lipinski definition) is 0. The molecule has 0 amide bonds. The lowest BCUT2D eigenvalue weighted by atomic mass is 10.3. The summed E-state index contributed by atoms with van der Waals surface area (Å²) < 4.78 is 4.67. The van der Waals surface area contributed by atoms with Gasteiger partial charge in [-0.05, 0) is 6.07 Å².